The third-order valence-electron chi connectivity index (χ3n) is 4.98. The Morgan fingerprint density at radius 2 is 2.24 bits per heavy atom. The highest BCUT2D eigenvalue weighted by atomic mass is 32.1. The molecule has 7 heteroatoms. The molecule has 1 saturated heterocycles. The summed E-state index contributed by atoms with van der Waals surface area (Å²) in [5.74, 6) is -0.892. The highest BCUT2D eigenvalue weighted by Crippen LogP contribution is 2.38. The monoisotopic (exact) mass is 359 g/mol. The molecule has 0 saturated carbocycles. The molecule has 132 valence electrons. The molecule has 1 fully saturated rings. The number of thiazole rings is 1. The van der Waals surface area contributed by atoms with Gasteiger partial charge < -0.3 is 10.0 Å². The van der Waals surface area contributed by atoms with Crippen LogP contribution in [0.5, 0.6) is 0 Å². The Balaban J connectivity index is 1.68. The van der Waals surface area contributed by atoms with Gasteiger partial charge in [0.15, 0.2) is 0 Å². The zero-order chi connectivity index (χ0) is 18.0. The molecule has 0 radical (unpaired) electrons. The van der Waals surface area contributed by atoms with Crippen LogP contribution in [0.4, 0.5) is 0 Å². The van der Waals surface area contributed by atoms with Crippen molar-refractivity contribution < 1.29 is 14.7 Å². The molecule has 1 aliphatic heterocycles. The van der Waals surface area contributed by atoms with E-state index >= 15 is 0 Å². The molecule has 0 aromatic carbocycles. The molecule has 3 heterocycles. The summed E-state index contributed by atoms with van der Waals surface area (Å²) in [5, 5.41) is 12.3. The Hall–Kier alpha value is -2.28. The van der Waals surface area contributed by atoms with Gasteiger partial charge in [-0.3, -0.25) is 14.6 Å². The van der Waals surface area contributed by atoms with Crippen molar-refractivity contribution in [3.63, 3.8) is 0 Å². The first kappa shape index (κ1) is 17.5. The van der Waals surface area contributed by atoms with Crippen LogP contribution in [-0.4, -0.2) is 44.9 Å². The summed E-state index contributed by atoms with van der Waals surface area (Å²) in [6, 6.07) is 3.78. The molecule has 0 aliphatic carbocycles. The highest BCUT2D eigenvalue weighted by molar-refractivity contribution is 7.13. The molecule has 2 aromatic heterocycles. The van der Waals surface area contributed by atoms with E-state index in [1.54, 1.807) is 17.3 Å². The number of carboxylic acid groups (broad SMARTS) is 1. The molecule has 1 amide bonds. The van der Waals surface area contributed by atoms with Crippen molar-refractivity contribution in [2.24, 2.45) is 11.3 Å². The van der Waals surface area contributed by atoms with Gasteiger partial charge in [-0.05, 0) is 24.5 Å². The van der Waals surface area contributed by atoms with Gasteiger partial charge in [-0.15, -0.1) is 11.3 Å². The van der Waals surface area contributed by atoms with Gasteiger partial charge in [-0.1, -0.05) is 13.8 Å². The topological polar surface area (TPSA) is 83.4 Å². The minimum atomic E-state index is -0.835. The molecule has 1 unspecified atom stereocenters. The van der Waals surface area contributed by atoms with E-state index in [1.807, 2.05) is 31.4 Å². The SMILES string of the molecule is CC(C)C1(C(=O)O)CCN(C(=O)Cc2csc(-c3cccnc3)n2)C1. The summed E-state index contributed by atoms with van der Waals surface area (Å²) >= 11 is 1.48. The van der Waals surface area contributed by atoms with E-state index in [2.05, 4.69) is 9.97 Å². The lowest BCUT2D eigenvalue weighted by molar-refractivity contribution is -0.151. The second-order valence-electron chi connectivity index (χ2n) is 6.74. The van der Waals surface area contributed by atoms with Crippen LogP contribution in [0.3, 0.4) is 0 Å². The van der Waals surface area contributed by atoms with E-state index in [1.165, 1.54) is 11.3 Å². The van der Waals surface area contributed by atoms with Crippen molar-refractivity contribution in [3.05, 3.63) is 35.6 Å². The number of pyridine rings is 1. The van der Waals surface area contributed by atoms with Crippen LogP contribution in [0.15, 0.2) is 29.9 Å². The maximum absolute atomic E-state index is 12.6. The second-order valence-corrected chi connectivity index (χ2v) is 7.60. The average molecular weight is 359 g/mol. The first-order valence-corrected chi connectivity index (χ1v) is 9.16. The number of nitrogens with zero attached hydrogens (tertiary/aromatic N) is 3. The molecular weight excluding hydrogens is 338 g/mol. The number of aromatic nitrogens is 2. The Kier molecular flexibility index (Phi) is 4.85. The number of carboxylic acids is 1. The number of rotatable bonds is 5. The fourth-order valence-electron chi connectivity index (χ4n) is 3.22. The lowest BCUT2D eigenvalue weighted by Crippen LogP contribution is -2.41. The number of aliphatic carboxylic acids is 1. The number of hydrogen-bond donors (Lipinski definition) is 1. The van der Waals surface area contributed by atoms with Crippen molar-refractivity contribution in [3.8, 4) is 10.6 Å². The van der Waals surface area contributed by atoms with E-state index in [0.717, 1.165) is 10.6 Å². The van der Waals surface area contributed by atoms with Crippen LogP contribution in [0.1, 0.15) is 26.0 Å². The lowest BCUT2D eigenvalue weighted by Gasteiger charge is -2.28. The molecule has 0 bridgehead atoms. The number of likely N-dealkylation sites (tertiary alicyclic amines) is 1. The highest BCUT2D eigenvalue weighted by Gasteiger charge is 2.48. The van der Waals surface area contributed by atoms with Crippen LogP contribution in [-0.2, 0) is 16.0 Å². The molecule has 6 nitrogen and oxygen atoms in total. The predicted molar refractivity (Wildman–Crippen MR) is 95.2 cm³/mol. The minimum Gasteiger partial charge on any atom is -0.481 e. The van der Waals surface area contributed by atoms with Crippen molar-refractivity contribution >= 4 is 23.2 Å². The third-order valence-corrected chi connectivity index (χ3v) is 5.92. The normalized spacial score (nSPS) is 20.2. The number of amides is 1. The predicted octanol–water partition coefficient (Wildman–Crippen LogP) is 2.71. The molecule has 0 spiro atoms. The van der Waals surface area contributed by atoms with E-state index < -0.39 is 11.4 Å². The van der Waals surface area contributed by atoms with Crippen molar-refractivity contribution in [1.82, 2.24) is 14.9 Å². The maximum atomic E-state index is 12.6. The molecular formula is C18H21N3O3S. The Bertz CT molecular complexity index is 775. The van der Waals surface area contributed by atoms with Crippen LogP contribution in [0.25, 0.3) is 10.6 Å². The summed E-state index contributed by atoms with van der Waals surface area (Å²) in [6.07, 6.45) is 4.15. The molecule has 2 aromatic rings. The summed E-state index contributed by atoms with van der Waals surface area (Å²) in [7, 11) is 0. The summed E-state index contributed by atoms with van der Waals surface area (Å²) < 4.78 is 0. The molecule has 1 atom stereocenters. The standard InChI is InChI=1S/C18H21N3O3S/c1-12(2)18(17(23)24)5-7-21(11-18)15(22)8-14-10-25-16(20-14)13-4-3-6-19-9-13/h3-4,6,9-10,12H,5,7-8,11H2,1-2H3,(H,23,24). The fraction of sp³-hybridized carbons (Fsp3) is 0.444. The molecule has 1 aliphatic rings. The van der Waals surface area contributed by atoms with Gasteiger partial charge in [-0.25, -0.2) is 4.98 Å². The summed E-state index contributed by atoms with van der Waals surface area (Å²) in [4.78, 5) is 34.5. The third kappa shape index (κ3) is 3.42. The smallest absolute Gasteiger partial charge is 0.311 e. The zero-order valence-corrected chi connectivity index (χ0v) is 15.1. The van der Waals surface area contributed by atoms with Crippen LogP contribution >= 0.6 is 11.3 Å². The Morgan fingerprint density at radius 3 is 2.84 bits per heavy atom. The Morgan fingerprint density at radius 1 is 1.44 bits per heavy atom. The van der Waals surface area contributed by atoms with E-state index in [9.17, 15) is 14.7 Å². The second kappa shape index (κ2) is 6.92. The number of carbonyl (C=O) groups is 2. The number of carbonyl (C=O) groups excluding carboxylic acids is 1. The maximum Gasteiger partial charge on any atom is 0.311 e. The lowest BCUT2D eigenvalue weighted by atomic mass is 9.76. The van der Waals surface area contributed by atoms with Gasteiger partial charge in [0.1, 0.15) is 5.01 Å². The van der Waals surface area contributed by atoms with E-state index in [0.29, 0.717) is 18.7 Å². The van der Waals surface area contributed by atoms with Crippen LogP contribution in [0, 0.1) is 11.3 Å². The largest absolute Gasteiger partial charge is 0.481 e. The van der Waals surface area contributed by atoms with Crippen LogP contribution in [0.2, 0.25) is 0 Å². The fourth-order valence-corrected chi connectivity index (χ4v) is 4.03. The summed E-state index contributed by atoms with van der Waals surface area (Å²) in [6.45, 7) is 4.58. The van der Waals surface area contributed by atoms with Gasteiger partial charge in [0.25, 0.3) is 0 Å². The molecule has 3 rings (SSSR count). The van der Waals surface area contributed by atoms with E-state index in [-0.39, 0.29) is 24.8 Å². The van der Waals surface area contributed by atoms with Gasteiger partial charge >= 0.3 is 5.97 Å². The van der Waals surface area contributed by atoms with Crippen LogP contribution < -0.4 is 0 Å². The molecule has 1 N–H and O–H groups in total. The average Bonchev–Trinajstić information content (AvgIpc) is 3.23. The van der Waals surface area contributed by atoms with Gasteiger partial charge in [0.05, 0.1) is 17.5 Å². The van der Waals surface area contributed by atoms with Gasteiger partial charge in [0, 0.05) is 36.4 Å². The van der Waals surface area contributed by atoms with Crippen molar-refractivity contribution in [2.45, 2.75) is 26.7 Å². The first-order valence-electron chi connectivity index (χ1n) is 8.28. The molecule has 25 heavy (non-hydrogen) atoms. The van der Waals surface area contributed by atoms with Gasteiger partial charge in [0.2, 0.25) is 5.91 Å². The Labute approximate surface area is 150 Å². The minimum absolute atomic E-state index is 0.0146. The number of hydrogen-bond acceptors (Lipinski definition) is 5. The van der Waals surface area contributed by atoms with Crippen molar-refractivity contribution in [1.29, 1.82) is 0 Å². The van der Waals surface area contributed by atoms with E-state index in [4.69, 9.17) is 0 Å². The quantitative estimate of drug-likeness (QED) is 0.887. The van der Waals surface area contributed by atoms with Gasteiger partial charge in [-0.2, -0.15) is 0 Å². The first-order chi connectivity index (χ1) is 11.9. The summed E-state index contributed by atoms with van der Waals surface area (Å²) in [5.41, 5.74) is 0.807. The zero-order valence-electron chi connectivity index (χ0n) is 14.3. The van der Waals surface area contributed by atoms with Crippen molar-refractivity contribution in [2.75, 3.05) is 13.1 Å².